The van der Waals surface area contributed by atoms with Crippen LogP contribution in [0.3, 0.4) is 0 Å². The van der Waals surface area contributed by atoms with Crippen LogP contribution in [-0.4, -0.2) is 25.8 Å². The molecule has 0 saturated heterocycles. The van der Waals surface area contributed by atoms with Gasteiger partial charge in [0.1, 0.15) is 0 Å². The Morgan fingerprint density at radius 2 is 1.47 bits per heavy atom. The number of ether oxygens (including phenoxy) is 4. The first-order valence-corrected chi connectivity index (χ1v) is 4.64. The molecular weight excluding hydrogens is 273 g/mol. The number of hydrogen-bond donors (Lipinski definition) is 0. The zero-order valence-electron chi connectivity index (χ0n) is 9.39. The molecule has 0 aliphatic carbocycles. The highest BCUT2D eigenvalue weighted by atomic mass is 19.4. The molecule has 0 N–H and O–H groups in total. The summed E-state index contributed by atoms with van der Waals surface area (Å²) in [5.74, 6) is -0.726. The highest BCUT2D eigenvalue weighted by molar-refractivity contribution is 5.68. The standard InChI is InChI=1S/C10H7F3O6/c1-16-8(14)17-6-4-2-3-5-7(6)18-9(15)19-10(11,12)13/h2-5H,1H3. The lowest BCUT2D eigenvalue weighted by molar-refractivity contribution is -0.296. The molecule has 0 saturated carbocycles. The van der Waals surface area contributed by atoms with Gasteiger partial charge in [-0.15, -0.1) is 13.2 Å². The third-order valence-corrected chi connectivity index (χ3v) is 1.60. The highest BCUT2D eigenvalue weighted by Gasteiger charge is 2.35. The Morgan fingerprint density at radius 1 is 1.00 bits per heavy atom. The van der Waals surface area contributed by atoms with Gasteiger partial charge in [-0.2, -0.15) is 0 Å². The maximum absolute atomic E-state index is 11.7. The Balaban J connectivity index is 2.78. The van der Waals surface area contributed by atoms with Crippen LogP contribution >= 0.6 is 0 Å². The summed E-state index contributed by atoms with van der Waals surface area (Å²) in [5, 5.41) is 0. The first-order valence-electron chi connectivity index (χ1n) is 4.64. The zero-order valence-corrected chi connectivity index (χ0v) is 9.39. The van der Waals surface area contributed by atoms with Crippen molar-refractivity contribution in [1.82, 2.24) is 0 Å². The smallest absolute Gasteiger partial charge is 0.437 e. The van der Waals surface area contributed by atoms with E-state index in [1.807, 2.05) is 0 Å². The number of benzene rings is 1. The molecule has 0 aromatic heterocycles. The van der Waals surface area contributed by atoms with E-state index in [9.17, 15) is 22.8 Å². The first-order chi connectivity index (χ1) is 8.81. The largest absolute Gasteiger partial charge is 0.577 e. The third kappa shape index (κ3) is 5.15. The number of methoxy groups -OCH3 is 1. The van der Waals surface area contributed by atoms with Crippen molar-refractivity contribution >= 4 is 12.3 Å². The average molecular weight is 280 g/mol. The number of rotatable bonds is 2. The van der Waals surface area contributed by atoms with E-state index in [1.54, 1.807) is 0 Å². The van der Waals surface area contributed by atoms with Crippen molar-refractivity contribution in [3.8, 4) is 11.5 Å². The fourth-order valence-electron chi connectivity index (χ4n) is 0.955. The molecule has 19 heavy (non-hydrogen) atoms. The van der Waals surface area contributed by atoms with E-state index in [0.717, 1.165) is 13.2 Å². The molecule has 6 nitrogen and oxygen atoms in total. The van der Waals surface area contributed by atoms with Crippen LogP contribution in [0.5, 0.6) is 11.5 Å². The maximum Gasteiger partial charge on any atom is 0.577 e. The first kappa shape index (κ1) is 14.6. The molecule has 0 aliphatic heterocycles. The van der Waals surface area contributed by atoms with Gasteiger partial charge in [-0.1, -0.05) is 12.1 Å². The SMILES string of the molecule is COC(=O)Oc1ccccc1OC(=O)OC(F)(F)F. The molecule has 1 aromatic rings. The number of carbonyl (C=O) groups is 2. The van der Waals surface area contributed by atoms with Crippen molar-refractivity contribution in [2.24, 2.45) is 0 Å². The molecule has 0 fully saturated rings. The monoisotopic (exact) mass is 280 g/mol. The molecule has 0 heterocycles. The van der Waals surface area contributed by atoms with Gasteiger partial charge in [0.05, 0.1) is 7.11 Å². The summed E-state index contributed by atoms with van der Waals surface area (Å²) in [6, 6.07) is 5.05. The van der Waals surface area contributed by atoms with Crippen molar-refractivity contribution in [1.29, 1.82) is 0 Å². The van der Waals surface area contributed by atoms with E-state index < -0.39 is 24.4 Å². The molecule has 0 aliphatic rings. The van der Waals surface area contributed by atoms with E-state index in [-0.39, 0.29) is 5.75 Å². The Kier molecular flexibility index (Phi) is 4.56. The van der Waals surface area contributed by atoms with Gasteiger partial charge in [0, 0.05) is 0 Å². The predicted molar refractivity (Wildman–Crippen MR) is 52.6 cm³/mol. The summed E-state index contributed by atoms with van der Waals surface area (Å²) in [6.45, 7) is 0. The van der Waals surface area contributed by atoms with Crippen LogP contribution in [0.15, 0.2) is 24.3 Å². The summed E-state index contributed by atoms with van der Waals surface area (Å²) in [7, 11) is 1.03. The molecule has 1 rings (SSSR count). The Hall–Kier alpha value is -2.45. The van der Waals surface area contributed by atoms with Crippen molar-refractivity contribution in [2.45, 2.75) is 6.36 Å². The fraction of sp³-hybridized carbons (Fsp3) is 0.200. The number of hydrogen-bond acceptors (Lipinski definition) is 6. The van der Waals surface area contributed by atoms with Crippen molar-refractivity contribution < 1.29 is 41.7 Å². The minimum absolute atomic E-state index is 0.298. The van der Waals surface area contributed by atoms with Crippen LogP contribution in [0.25, 0.3) is 0 Å². The van der Waals surface area contributed by atoms with Gasteiger partial charge < -0.3 is 18.9 Å². The van der Waals surface area contributed by atoms with Gasteiger partial charge in [-0.05, 0) is 12.1 Å². The normalized spacial score (nSPS) is 10.5. The number of alkyl halides is 3. The number of halogens is 3. The average Bonchev–Trinajstić information content (AvgIpc) is 2.29. The van der Waals surface area contributed by atoms with Crippen LogP contribution in [0.4, 0.5) is 22.8 Å². The van der Waals surface area contributed by atoms with Gasteiger partial charge in [0.2, 0.25) is 0 Å². The zero-order chi connectivity index (χ0) is 14.5. The summed E-state index contributed by atoms with van der Waals surface area (Å²) < 4.78 is 51.2. The van der Waals surface area contributed by atoms with Gasteiger partial charge in [-0.25, -0.2) is 9.59 Å². The van der Waals surface area contributed by atoms with Gasteiger partial charge >= 0.3 is 18.7 Å². The molecule has 9 heteroatoms. The molecule has 0 unspecified atom stereocenters. The van der Waals surface area contributed by atoms with Gasteiger partial charge in [-0.3, -0.25) is 0 Å². The molecule has 104 valence electrons. The minimum atomic E-state index is -5.17. The Morgan fingerprint density at radius 3 is 1.89 bits per heavy atom. The van der Waals surface area contributed by atoms with E-state index in [2.05, 4.69) is 18.9 Å². The second-order valence-electron chi connectivity index (χ2n) is 2.90. The summed E-state index contributed by atoms with van der Waals surface area (Å²) in [4.78, 5) is 21.7. The number of para-hydroxylation sites is 2. The fourth-order valence-corrected chi connectivity index (χ4v) is 0.955. The minimum Gasteiger partial charge on any atom is -0.437 e. The highest BCUT2D eigenvalue weighted by Crippen LogP contribution is 2.28. The van der Waals surface area contributed by atoms with Crippen molar-refractivity contribution in [3.05, 3.63) is 24.3 Å². The summed E-state index contributed by atoms with van der Waals surface area (Å²) in [6.07, 6.45) is -8.30. The molecular formula is C10H7F3O6. The van der Waals surface area contributed by atoms with Crippen molar-refractivity contribution in [3.63, 3.8) is 0 Å². The second kappa shape index (κ2) is 5.94. The third-order valence-electron chi connectivity index (χ3n) is 1.60. The van der Waals surface area contributed by atoms with Crippen LogP contribution in [0.2, 0.25) is 0 Å². The lowest BCUT2D eigenvalue weighted by atomic mass is 10.3. The van der Waals surface area contributed by atoms with Crippen molar-refractivity contribution in [2.75, 3.05) is 7.11 Å². The predicted octanol–water partition coefficient (Wildman–Crippen LogP) is 2.87. The lowest BCUT2D eigenvalue weighted by Crippen LogP contribution is -2.22. The molecule has 0 spiro atoms. The van der Waals surface area contributed by atoms with Gasteiger partial charge in [0.25, 0.3) is 0 Å². The van der Waals surface area contributed by atoms with Crippen LogP contribution in [0.1, 0.15) is 0 Å². The quantitative estimate of drug-likeness (QED) is 0.612. The van der Waals surface area contributed by atoms with Crippen LogP contribution < -0.4 is 9.47 Å². The Bertz CT molecular complexity index is 471. The molecule has 0 radical (unpaired) electrons. The molecule has 0 bridgehead atoms. The van der Waals surface area contributed by atoms with E-state index in [1.165, 1.54) is 18.2 Å². The molecule has 0 atom stereocenters. The van der Waals surface area contributed by atoms with E-state index in [0.29, 0.717) is 0 Å². The van der Waals surface area contributed by atoms with Crippen LogP contribution in [0, 0.1) is 0 Å². The summed E-state index contributed by atoms with van der Waals surface area (Å²) in [5.41, 5.74) is 0. The summed E-state index contributed by atoms with van der Waals surface area (Å²) >= 11 is 0. The lowest BCUT2D eigenvalue weighted by Gasteiger charge is -2.10. The molecule has 0 amide bonds. The van der Waals surface area contributed by atoms with E-state index in [4.69, 9.17) is 0 Å². The number of carbonyl (C=O) groups excluding carboxylic acids is 2. The maximum atomic E-state index is 11.7. The van der Waals surface area contributed by atoms with E-state index >= 15 is 0 Å². The van der Waals surface area contributed by atoms with Crippen LogP contribution in [-0.2, 0) is 9.47 Å². The Labute approximate surface area is 104 Å². The molecule has 1 aromatic carbocycles. The topological polar surface area (TPSA) is 71.1 Å². The second-order valence-corrected chi connectivity index (χ2v) is 2.90. The van der Waals surface area contributed by atoms with Gasteiger partial charge in [0.15, 0.2) is 11.5 Å².